The number of hydrogen-bond donors (Lipinski definition) is 2. The molecule has 7 heteroatoms. The van der Waals surface area contributed by atoms with Crippen LogP contribution < -0.4 is 4.72 Å². The van der Waals surface area contributed by atoms with Crippen LogP contribution in [-0.2, 0) is 14.8 Å². The summed E-state index contributed by atoms with van der Waals surface area (Å²) in [5.41, 5.74) is -0.0434. The fourth-order valence-electron chi connectivity index (χ4n) is 1.29. The molecule has 0 aliphatic rings. The number of hydrogen-bond acceptors (Lipinski definition) is 5. The van der Waals surface area contributed by atoms with E-state index in [9.17, 15) is 13.2 Å². The highest BCUT2D eigenvalue weighted by molar-refractivity contribution is 7.89. The molecular weight excluding hydrogens is 258 g/mol. The molecule has 0 aliphatic carbocycles. The molecule has 100 valence electrons. The zero-order valence-corrected chi connectivity index (χ0v) is 10.9. The number of aliphatic hydroxyl groups is 1. The number of benzene rings is 1. The standard InChI is InChI=1S/C11H15NO5S/c1-8(13)7-12-18(15,16)10-6-4-3-5-9(10)11(14)17-2/h3-6,8,12-13H,7H2,1-2H3. The summed E-state index contributed by atoms with van der Waals surface area (Å²) in [5.74, 6) is -0.729. The first-order valence-electron chi connectivity index (χ1n) is 5.23. The zero-order chi connectivity index (χ0) is 13.8. The van der Waals surface area contributed by atoms with E-state index in [0.29, 0.717) is 0 Å². The van der Waals surface area contributed by atoms with E-state index in [0.717, 1.165) is 0 Å². The molecule has 0 bridgehead atoms. The molecule has 0 aliphatic heterocycles. The van der Waals surface area contributed by atoms with Gasteiger partial charge in [-0.25, -0.2) is 17.9 Å². The van der Waals surface area contributed by atoms with Gasteiger partial charge in [0.1, 0.15) is 0 Å². The molecule has 6 nitrogen and oxygen atoms in total. The van der Waals surface area contributed by atoms with Gasteiger partial charge in [0.05, 0.1) is 23.7 Å². The summed E-state index contributed by atoms with van der Waals surface area (Å²) in [6, 6.07) is 5.71. The Balaban J connectivity index is 3.12. The maximum atomic E-state index is 11.9. The average molecular weight is 273 g/mol. The molecule has 1 unspecified atom stereocenters. The Labute approximate surface area is 106 Å². The normalized spacial score (nSPS) is 13.1. The van der Waals surface area contributed by atoms with Crippen molar-refractivity contribution in [3.63, 3.8) is 0 Å². The van der Waals surface area contributed by atoms with Gasteiger partial charge in [0.2, 0.25) is 10.0 Å². The van der Waals surface area contributed by atoms with Crippen molar-refractivity contribution in [1.82, 2.24) is 4.72 Å². The fourth-order valence-corrected chi connectivity index (χ4v) is 2.60. The third-order valence-electron chi connectivity index (χ3n) is 2.15. The van der Waals surface area contributed by atoms with Gasteiger partial charge < -0.3 is 9.84 Å². The SMILES string of the molecule is COC(=O)c1ccccc1S(=O)(=O)NCC(C)O. The largest absolute Gasteiger partial charge is 0.465 e. The molecular formula is C11H15NO5S. The smallest absolute Gasteiger partial charge is 0.339 e. The highest BCUT2D eigenvalue weighted by Crippen LogP contribution is 2.16. The molecule has 1 atom stereocenters. The van der Waals surface area contributed by atoms with Crippen LogP contribution in [0, 0.1) is 0 Å². The molecule has 1 aromatic rings. The summed E-state index contributed by atoms with van der Waals surface area (Å²) in [5, 5.41) is 9.07. The third kappa shape index (κ3) is 3.52. The lowest BCUT2D eigenvalue weighted by Crippen LogP contribution is -2.31. The Morgan fingerprint density at radius 3 is 2.61 bits per heavy atom. The maximum Gasteiger partial charge on any atom is 0.339 e. The van der Waals surface area contributed by atoms with Gasteiger partial charge in [-0.15, -0.1) is 0 Å². The molecule has 1 aromatic carbocycles. The van der Waals surface area contributed by atoms with E-state index >= 15 is 0 Å². The first-order valence-corrected chi connectivity index (χ1v) is 6.72. The quantitative estimate of drug-likeness (QED) is 0.744. The van der Waals surface area contributed by atoms with E-state index in [1.54, 1.807) is 6.07 Å². The van der Waals surface area contributed by atoms with Crippen LogP contribution in [0.15, 0.2) is 29.2 Å². The van der Waals surface area contributed by atoms with E-state index < -0.39 is 22.1 Å². The topological polar surface area (TPSA) is 92.7 Å². The molecule has 2 N–H and O–H groups in total. The van der Waals surface area contributed by atoms with E-state index in [1.165, 1.54) is 32.2 Å². The van der Waals surface area contributed by atoms with Crippen LogP contribution in [0.2, 0.25) is 0 Å². The van der Waals surface area contributed by atoms with Gasteiger partial charge in [-0.2, -0.15) is 0 Å². The number of ether oxygens (including phenoxy) is 1. The molecule has 1 rings (SSSR count). The first kappa shape index (κ1) is 14.6. The Kier molecular flexibility index (Phi) is 4.83. The molecule has 0 aromatic heterocycles. The predicted octanol–water partition coefficient (Wildman–Crippen LogP) is 0.132. The summed E-state index contributed by atoms with van der Waals surface area (Å²) >= 11 is 0. The van der Waals surface area contributed by atoms with Crippen molar-refractivity contribution in [2.75, 3.05) is 13.7 Å². The van der Waals surface area contributed by atoms with Crippen molar-refractivity contribution in [3.8, 4) is 0 Å². The van der Waals surface area contributed by atoms with Gasteiger partial charge in [0.25, 0.3) is 0 Å². The Morgan fingerprint density at radius 1 is 1.44 bits per heavy atom. The molecule has 0 radical (unpaired) electrons. The third-order valence-corrected chi connectivity index (χ3v) is 3.63. The van der Waals surface area contributed by atoms with Gasteiger partial charge in [-0.05, 0) is 19.1 Å². The van der Waals surface area contributed by atoms with E-state index in [-0.39, 0.29) is 17.0 Å². The van der Waals surface area contributed by atoms with Gasteiger partial charge in [-0.1, -0.05) is 12.1 Å². The number of esters is 1. The lowest BCUT2D eigenvalue weighted by molar-refractivity contribution is 0.0596. The number of methoxy groups -OCH3 is 1. The van der Waals surface area contributed by atoms with Crippen LogP contribution in [-0.4, -0.2) is 39.3 Å². The van der Waals surface area contributed by atoms with Crippen LogP contribution in [0.25, 0.3) is 0 Å². The highest BCUT2D eigenvalue weighted by atomic mass is 32.2. The van der Waals surface area contributed by atoms with Crippen LogP contribution in [0.5, 0.6) is 0 Å². The number of sulfonamides is 1. The minimum absolute atomic E-state index is 0.0434. The van der Waals surface area contributed by atoms with E-state index in [2.05, 4.69) is 9.46 Å². The summed E-state index contributed by atoms with van der Waals surface area (Å²) in [6.07, 6.45) is -0.815. The number of rotatable bonds is 5. The minimum atomic E-state index is -3.85. The number of nitrogens with one attached hydrogen (secondary N) is 1. The lowest BCUT2D eigenvalue weighted by Gasteiger charge is -2.11. The molecule has 0 spiro atoms. The number of carbonyl (C=O) groups is 1. The second-order valence-electron chi connectivity index (χ2n) is 3.69. The van der Waals surface area contributed by atoms with E-state index in [4.69, 9.17) is 5.11 Å². The van der Waals surface area contributed by atoms with Gasteiger partial charge in [0, 0.05) is 6.54 Å². The van der Waals surface area contributed by atoms with E-state index in [1.807, 2.05) is 0 Å². The molecule has 0 saturated heterocycles. The van der Waals surface area contributed by atoms with Gasteiger partial charge in [-0.3, -0.25) is 0 Å². The summed E-state index contributed by atoms with van der Waals surface area (Å²) in [4.78, 5) is 11.3. The average Bonchev–Trinajstić information content (AvgIpc) is 2.35. The Bertz CT molecular complexity index is 524. The monoisotopic (exact) mass is 273 g/mol. The van der Waals surface area contributed by atoms with Crippen molar-refractivity contribution < 1.29 is 23.1 Å². The first-order chi connectivity index (χ1) is 8.38. The van der Waals surface area contributed by atoms with Gasteiger partial charge in [0.15, 0.2) is 0 Å². The Hall–Kier alpha value is -1.44. The van der Waals surface area contributed by atoms with Crippen molar-refractivity contribution in [1.29, 1.82) is 0 Å². The molecule has 18 heavy (non-hydrogen) atoms. The second-order valence-corrected chi connectivity index (χ2v) is 5.42. The summed E-state index contributed by atoms with van der Waals surface area (Å²) < 4.78 is 30.6. The summed E-state index contributed by atoms with van der Waals surface area (Å²) in [6.45, 7) is 1.33. The van der Waals surface area contributed by atoms with Crippen molar-refractivity contribution in [3.05, 3.63) is 29.8 Å². The highest BCUT2D eigenvalue weighted by Gasteiger charge is 2.22. The number of carbonyl (C=O) groups excluding carboxylic acids is 1. The fraction of sp³-hybridized carbons (Fsp3) is 0.364. The van der Waals surface area contributed by atoms with Crippen LogP contribution in [0.4, 0.5) is 0 Å². The van der Waals surface area contributed by atoms with Gasteiger partial charge >= 0.3 is 5.97 Å². The second kappa shape index (κ2) is 5.94. The van der Waals surface area contributed by atoms with Crippen molar-refractivity contribution in [2.45, 2.75) is 17.9 Å². The molecule has 0 fully saturated rings. The summed E-state index contributed by atoms with van der Waals surface area (Å²) in [7, 11) is -2.68. The molecule has 0 amide bonds. The van der Waals surface area contributed by atoms with Crippen LogP contribution in [0.3, 0.4) is 0 Å². The number of aliphatic hydroxyl groups excluding tert-OH is 1. The lowest BCUT2D eigenvalue weighted by atomic mass is 10.2. The predicted molar refractivity (Wildman–Crippen MR) is 64.7 cm³/mol. The molecule has 0 heterocycles. The van der Waals surface area contributed by atoms with Crippen molar-refractivity contribution in [2.24, 2.45) is 0 Å². The van der Waals surface area contributed by atoms with Crippen LogP contribution in [0.1, 0.15) is 17.3 Å². The molecule has 0 saturated carbocycles. The van der Waals surface area contributed by atoms with Crippen molar-refractivity contribution >= 4 is 16.0 Å². The zero-order valence-electron chi connectivity index (χ0n) is 10.1. The minimum Gasteiger partial charge on any atom is -0.465 e. The maximum absolute atomic E-state index is 11.9. The van der Waals surface area contributed by atoms with Crippen LogP contribution >= 0.6 is 0 Å². The Morgan fingerprint density at radius 2 is 2.06 bits per heavy atom.